The molecule has 0 saturated heterocycles. The van der Waals surface area contributed by atoms with Crippen LogP contribution < -0.4 is 5.32 Å². The van der Waals surface area contributed by atoms with Crippen molar-refractivity contribution in [2.24, 2.45) is 0 Å². The van der Waals surface area contributed by atoms with Crippen LogP contribution >= 0.6 is 0 Å². The molecule has 0 radical (unpaired) electrons. The zero-order valence-electron chi connectivity index (χ0n) is 9.64. The van der Waals surface area contributed by atoms with E-state index >= 15 is 0 Å². The Morgan fingerprint density at radius 2 is 1.69 bits per heavy atom. The molecule has 0 fully saturated rings. The molecule has 0 aromatic heterocycles. The van der Waals surface area contributed by atoms with Gasteiger partial charge in [0.1, 0.15) is 6.23 Å². The van der Waals surface area contributed by atoms with Gasteiger partial charge in [-0.1, -0.05) is 12.1 Å². The number of aliphatic hydroxyl groups is 1. The predicted molar refractivity (Wildman–Crippen MR) is 62.8 cm³/mol. The van der Waals surface area contributed by atoms with Crippen LogP contribution in [0.4, 0.5) is 0 Å². The Kier molecular flexibility index (Phi) is 4.07. The van der Waals surface area contributed by atoms with Gasteiger partial charge in [0.05, 0.1) is 4.90 Å². The zero-order valence-corrected chi connectivity index (χ0v) is 10.5. The quantitative estimate of drug-likeness (QED) is 0.777. The number of rotatable bonds is 4. The number of benzene rings is 1. The van der Waals surface area contributed by atoms with Crippen molar-refractivity contribution in [3.63, 3.8) is 0 Å². The standard InChI is InChI=1S/C11H17NO3S/c1-8(12-9(2)13)10-4-6-11(7-5-10)16(3,14)15/h4-9,12-13H,1-3H3. The summed E-state index contributed by atoms with van der Waals surface area (Å²) in [7, 11) is -3.14. The van der Waals surface area contributed by atoms with Crippen molar-refractivity contribution in [1.29, 1.82) is 0 Å². The molecule has 0 aliphatic rings. The SMILES string of the molecule is CC(O)NC(C)c1ccc(S(C)(=O)=O)cc1. The molecular formula is C11H17NO3S. The summed E-state index contributed by atoms with van der Waals surface area (Å²) in [5.41, 5.74) is 0.938. The fourth-order valence-corrected chi connectivity index (χ4v) is 2.09. The summed E-state index contributed by atoms with van der Waals surface area (Å²) in [5.74, 6) is 0. The third-order valence-corrected chi connectivity index (χ3v) is 3.43. The second-order valence-electron chi connectivity index (χ2n) is 3.91. The maximum absolute atomic E-state index is 11.2. The molecule has 1 aromatic rings. The molecule has 0 saturated carbocycles. The van der Waals surface area contributed by atoms with Crippen LogP contribution in [0.3, 0.4) is 0 Å². The van der Waals surface area contributed by atoms with Gasteiger partial charge in [-0.05, 0) is 31.5 Å². The van der Waals surface area contributed by atoms with Crippen LogP contribution in [-0.2, 0) is 9.84 Å². The smallest absolute Gasteiger partial charge is 0.175 e. The Labute approximate surface area is 96.2 Å². The van der Waals surface area contributed by atoms with Crippen molar-refractivity contribution in [1.82, 2.24) is 5.32 Å². The Hall–Kier alpha value is -0.910. The van der Waals surface area contributed by atoms with E-state index in [0.717, 1.165) is 5.56 Å². The monoisotopic (exact) mass is 243 g/mol. The first-order chi connectivity index (χ1) is 7.30. The van der Waals surface area contributed by atoms with Gasteiger partial charge < -0.3 is 5.11 Å². The first kappa shape index (κ1) is 13.2. The maximum Gasteiger partial charge on any atom is 0.175 e. The van der Waals surface area contributed by atoms with E-state index in [1.807, 2.05) is 6.92 Å². The van der Waals surface area contributed by atoms with Gasteiger partial charge in [-0.15, -0.1) is 0 Å². The molecule has 0 aliphatic carbocycles. The lowest BCUT2D eigenvalue weighted by Crippen LogP contribution is -2.28. The fraction of sp³-hybridized carbons (Fsp3) is 0.455. The second kappa shape index (κ2) is 4.95. The van der Waals surface area contributed by atoms with Gasteiger partial charge in [0.2, 0.25) is 0 Å². The predicted octanol–water partition coefficient (Wildman–Crippen LogP) is 1.08. The van der Waals surface area contributed by atoms with E-state index in [1.54, 1.807) is 31.2 Å². The highest BCUT2D eigenvalue weighted by Gasteiger charge is 2.10. The number of hydrogen-bond donors (Lipinski definition) is 2. The van der Waals surface area contributed by atoms with Crippen LogP contribution in [-0.4, -0.2) is 26.0 Å². The highest BCUT2D eigenvalue weighted by atomic mass is 32.2. The molecule has 1 rings (SSSR count). The first-order valence-electron chi connectivity index (χ1n) is 5.05. The lowest BCUT2D eigenvalue weighted by Gasteiger charge is -2.16. The normalized spacial score (nSPS) is 15.8. The van der Waals surface area contributed by atoms with Crippen molar-refractivity contribution in [2.45, 2.75) is 31.0 Å². The molecule has 4 nitrogen and oxygen atoms in total. The summed E-state index contributed by atoms with van der Waals surface area (Å²) in [4.78, 5) is 0.306. The van der Waals surface area contributed by atoms with Crippen LogP contribution in [0.25, 0.3) is 0 Å². The minimum absolute atomic E-state index is 0.0198. The topological polar surface area (TPSA) is 66.4 Å². The average molecular weight is 243 g/mol. The average Bonchev–Trinajstić information content (AvgIpc) is 2.15. The first-order valence-corrected chi connectivity index (χ1v) is 6.94. The molecule has 5 heteroatoms. The summed E-state index contributed by atoms with van der Waals surface area (Å²) in [5, 5.41) is 12.1. The van der Waals surface area contributed by atoms with E-state index in [9.17, 15) is 8.42 Å². The molecule has 90 valence electrons. The molecule has 1 aromatic carbocycles. The number of nitrogens with one attached hydrogen (secondary N) is 1. The number of hydrogen-bond acceptors (Lipinski definition) is 4. The van der Waals surface area contributed by atoms with Gasteiger partial charge in [-0.2, -0.15) is 0 Å². The summed E-state index contributed by atoms with van der Waals surface area (Å²) in [6.07, 6.45) is 0.587. The van der Waals surface area contributed by atoms with Gasteiger partial charge in [0.25, 0.3) is 0 Å². The summed E-state index contributed by atoms with van der Waals surface area (Å²) >= 11 is 0. The minimum atomic E-state index is -3.14. The number of sulfone groups is 1. The second-order valence-corrected chi connectivity index (χ2v) is 5.92. The van der Waals surface area contributed by atoms with Gasteiger partial charge in [-0.25, -0.2) is 8.42 Å². The van der Waals surface area contributed by atoms with Gasteiger partial charge in [0.15, 0.2) is 9.84 Å². The summed E-state index contributed by atoms with van der Waals surface area (Å²) in [6.45, 7) is 3.55. The van der Waals surface area contributed by atoms with Crippen molar-refractivity contribution in [2.75, 3.05) is 6.26 Å². The molecule has 0 spiro atoms. The third kappa shape index (κ3) is 3.59. The van der Waals surface area contributed by atoms with Crippen molar-refractivity contribution in [3.8, 4) is 0 Å². The number of aliphatic hydroxyl groups excluding tert-OH is 1. The van der Waals surface area contributed by atoms with Gasteiger partial charge >= 0.3 is 0 Å². The fourth-order valence-electron chi connectivity index (χ4n) is 1.46. The van der Waals surface area contributed by atoms with Crippen LogP contribution in [0.15, 0.2) is 29.2 Å². The molecular weight excluding hydrogens is 226 g/mol. The van der Waals surface area contributed by atoms with E-state index in [4.69, 9.17) is 5.11 Å². The van der Waals surface area contributed by atoms with E-state index in [2.05, 4.69) is 5.32 Å². The van der Waals surface area contributed by atoms with Crippen LogP contribution in [0.5, 0.6) is 0 Å². The molecule has 0 aliphatic heterocycles. The lowest BCUT2D eigenvalue weighted by atomic mass is 10.1. The molecule has 2 N–H and O–H groups in total. The van der Waals surface area contributed by atoms with Crippen LogP contribution in [0.1, 0.15) is 25.5 Å². The molecule has 0 amide bonds. The van der Waals surface area contributed by atoms with E-state index in [0.29, 0.717) is 4.90 Å². The lowest BCUT2D eigenvalue weighted by molar-refractivity contribution is 0.143. The largest absolute Gasteiger partial charge is 0.379 e. The minimum Gasteiger partial charge on any atom is -0.379 e. The van der Waals surface area contributed by atoms with Gasteiger partial charge in [-0.3, -0.25) is 5.32 Å². The van der Waals surface area contributed by atoms with Crippen molar-refractivity contribution in [3.05, 3.63) is 29.8 Å². The highest BCUT2D eigenvalue weighted by molar-refractivity contribution is 7.90. The summed E-state index contributed by atoms with van der Waals surface area (Å²) in [6, 6.07) is 6.62. The highest BCUT2D eigenvalue weighted by Crippen LogP contribution is 2.16. The van der Waals surface area contributed by atoms with E-state index in [-0.39, 0.29) is 6.04 Å². The Balaban J connectivity index is 2.87. The third-order valence-electron chi connectivity index (χ3n) is 2.30. The Morgan fingerprint density at radius 1 is 1.19 bits per heavy atom. The molecule has 0 heterocycles. The zero-order chi connectivity index (χ0) is 12.3. The van der Waals surface area contributed by atoms with E-state index in [1.165, 1.54) is 6.26 Å². The van der Waals surface area contributed by atoms with Crippen molar-refractivity contribution >= 4 is 9.84 Å². The van der Waals surface area contributed by atoms with Crippen LogP contribution in [0, 0.1) is 0 Å². The van der Waals surface area contributed by atoms with Crippen LogP contribution in [0.2, 0.25) is 0 Å². The molecule has 0 bridgehead atoms. The molecule has 16 heavy (non-hydrogen) atoms. The maximum atomic E-state index is 11.2. The summed E-state index contributed by atoms with van der Waals surface area (Å²) < 4.78 is 22.5. The Morgan fingerprint density at radius 3 is 2.06 bits per heavy atom. The van der Waals surface area contributed by atoms with Gasteiger partial charge in [0, 0.05) is 12.3 Å². The molecule has 2 atom stereocenters. The van der Waals surface area contributed by atoms with E-state index < -0.39 is 16.1 Å². The molecule has 2 unspecified atom stereocenters. The van der Waals surface area contributed by atoms with Crippen molar-refractivity contribution < 1.29 is 13.5 Å². The Bertz CT molecular complexity index is 437.